The van der Waals surface area contributed by atoms with Gasteiger partial charge in [-0.1, -0.05) is 58.9 Å². The van der Waals surface area contributed by atoms with Gasteiger partial charge in [0.05, 0.1) is 12.2 Å². The Morgan fingerprint density at radius 3 is 2.40 bits per heavy atom. The first-order chi connectivity index (χ1) is 11.2. The summed E-state index contributed by atoms with van der Waals surface area (Å²) in [6.07, 6.45) is 9.37. The minimum absolute atomic E-state index is 0.219. The minimum atomic E-state index is -1.72. The van der Waals surface area contributed by atoms with Crippen LogP contribution in [0.4, 0.5) is 0 Å². The lowest BCUT2D eigenvalue weighted by Gasteiger charge is -2.41. The fraction of sp³-hybridized carbons (Fsp3) is 0.818. The van der Waals surface area contributed by atoms with E-state index in [-0.39, 0.29) is 5.04 Å². The van der Waals surface area contributed by atoms with Gasteiger partial charge in [0, 0.05) is 0 Å². The van der Waals surface area contributed by atoms with Crippen LogP contribution in [-0.2, 0) is 4.43 Å². The molecule has 0 aromatic carbocycles. The second-order valence-corrected chi connectivity index (χ2v) is 15.2. The van der Waals surface area contributed by atoms with Crippen LogP contribution < -0.4 is 0 Å². The molecule has 1 N–H and O–H groups in total. The van der Waals surface area contributed by atoms with Crippen molar-refractivity contribution in [3.8, 4) is 0 Å². The summed E-state index contributed by atoms with van der Waals surface area (Å²) < 4.78 is 6.16. The molecule has 0 bridgehead atoms. The van der Waals surface area contributed by atoms with E-state index in [4.69, 9.17) is 4.43 Å². The Bertz CT molecular complexity index is 481. The van der Waals surface area contributed by atoms with Gasteiger partial charge in [0.25, 0.3) is 0 Å². The maximum Gasteiger partial charge on any atom is 0.192 e. The average molecular weight is 367 g/mol. The Hall–Kier alpha value is -0.383. The van der Waals surface area contributed by atoms with Gasteiger partial charge in [-0.2, -0.15) is 0 Å². The molecule has 1 saturated carbocycles. The minimum Gasteiger partial charge on any atom is -0.413 e. The van der Waals surface area contributed by atoms with Gasteiger partial charge in [-0.3, -0.25) is 0 Å². The monoisotopic (exact) mass is 366 g/mol. The normalized spacial score (nSPS) is 24.5. The summed E-state index contributed by atoms with van der Waals surface area (Å²) in [7, 11) is -1.72. The molecular weight excluding hydrogens is 324 g/mol. The van der Waals surface area contributed by atoms with Gasteiger partial charge in [0.1, 0.15) is 0 Å². The Labute approximate surface area is 157 Å². The first-order valence-corrected chi connectivity index (χ1v) is 12.8. The van der Waals surface area contributed by atoms with Gasteiger partial charge < -0.3 is 9.53 Å². The molecule has 1 aliphatic rings. The van der Waals surface area contributed by atoms with Crippen molar-refractivity contribution in [2.75, 3.05) is 6.61 Å². The van der Waals surface area contributed by atoms with Crippen molar-refractivity contribution in [1.29, 1.82) is 0 Å². The van der Waals surface area contributed by atoms with E-state index in [1.165, 1.54) is 18.4 Å². The van der Waals surface area contributed by atoms with Gasteiger partial charge >= 0.3 is 0 Å². The number of aliphatic hydroxyl groups is 1. The molecule has 2 unspecified atom stereocenters. The predicted molar refractivity (Wildman–Crippen MR) is 112 cm³/mol. The van der Waals surface area contributed by atoms with E-state index < -0.39 is 13.9 Å². The van der Waals surface area contributed by atoms with E-state index in [2.05, 4.69) is 54.3 Å². The topological polar surface area (TPSA) is 29.5 Å². The number of hydrogen-bond acceptors (Lipinski definition) is 2. The molecule has 0 aliphatic heterocycles. The Morgan fingerprint density at radius 2 is 1.88 bits per heavy atom. The smallest absolute Gasteiger partial charge is 0.192 e. The third-order valence-corrected chi connectivity index (χ3v) is 11.0. The highest BCUT2D eigenvalue weighted by Crippen LogP contribution is 2.46. The fourth-order valence-electron chi connectivity index (χ4n) is 3.56. The summed E-state index contributed by atoms with van der Waals surface area (Å²) in [4.78, 5) is 0. The highest BCUT2D eigenvalue weighted by Gasteiger charge is 2.37. The molecule has 2 nitrogen and oxygen atoms in total. The molecule has 0 spiro atoms. The van der Waals surface area contributed by atoms with Crippen molar-refractivity contribution >= 4 is 8.32 Å². The van der Waals surface area contributed by atoms with Crippen LogP contribution in [0.1, 0.15) is 73.6 Å². The molecule has 0 amide bonds. The highest BCUT2D eigenvalue weighted by atomic mass is 28.4. The van der Waals surface area contributed by atoms with Crippen molar-refractivity contribution < 1.29 is 9.53 Å². The first-order valence-electron chi connectivity index (χ1n) is 9.90. The fourth-order valence-corrected chi connectivity index (χ4v) is 4.51. The largest absolute Gasteiger partial charge is 0.413 e. The lowest BCUT2D eigenvalue weighted by Crippen LogP contribution is -2.40. The summed E-state index contributed by atoms with van der Waals surface area (Å²) in [5, 5.41) is 10.9. The van der Waals surface area contributed by atoms with Gasteiger partial charge in [-0.05, 0) is 68.5 Å². The van der Waals surface area contributed by atoms with E-state index in [0.29, 0.717) is 17.9 Å². The van der Waals surface area contributed by atoms with Crippen LogP contribution in [0.3, 0.4) is 0 Å². The zero-order chi connectivity index (χ0) is 19.5. The van der Waals surface area contributed by atoms with E-state index in [1.54, 1.807) is 0 Å². The van der Waals surface area contributed by atoms with Crippen molar-refractivity contribution in [2.45, 2.75) is 97.4 Å². The predicted octanol–water partition coefficient (Wildman–Crippen LogP) is 6.48. The van der Waals surface area contributed by atoms with E-state index >= 15 is 0 Å². The number of allylic oxidation sites excluding steroid dienone is 1. The second kappa shape index (κ2) is 8.10. The quantitative estimate of drug-likeness (QED) is 0.413. The van der Waals surface area contributed by atoms with Gasteiger partial charge in [-0.15, -0.1) is 0 Å². The molecule has 1 rings (SSSR count). The maximum atomic E-state index is 10.7. The molecule has 1 aliphatic carbocycles. The molecular formula is C22H42O2Si. The van der Waals surface area contributed by atoms with Crippen LogP contribution in [0.2, 0.25) is 18.1 Å². The third-order valence-electron chi connectivity index (χ3n) is 6.52. The Morgan fingerprint density at radius 1 is 1.28 bits per heavy atom. The van der Waals surface area contributed by atoms with Crippen molar-refractivity contribution in [3.05, 3.63) is 24.3 Å². The highest BCUT2D eigenvalue weighted by molar-refractivity contribution is 6.74. The van der Waals surface area contributed by atoms with Gasteiger partial charge in [0.15, 0.2) is 8.32 Å². The second-order valence-electron chi connectivity index (χ2n) is 10.4. The van der Waals surface area contributed by atoms with Crippen molar-refractivity contribution in [3.63, 3.8) is 0 Å². The van der Waals surface area contributed by atoms with Crippen LogP contribution in [0, 0.1) is 11.3 Å². The molecule has 25 heavy (non-hydrogen) atoms. The van der Waals surface area contributed by atoms with Gasteiger partial charge in [-0.25, -0.2) is 0 Å². The number of rotatable bonds is 7. The summed E-state index contributed by atoms with van der Waals surface area (Å²) in [5.41, 5.74) is 0.905. The van der Waals surface area contributed by atoms with E-state index in [1.807, 2.05) is 19.1 Å². The van der Waals surface area contributed by atoms with Crippen LogP contribution >= 0.6 is 0 Å². The third kappa shape index (κ3) is 6.69. The standard InChI is InChI=1S/C22H42O2Si/c1-18-12-10-14-21(5,6)19(18)13-16-22(7,23)15-11-17-24-25(8,9)20(2,3)4/h11,15,19,23H,1,10,12-14,16-17H2,2-9H3/b15-11+. The molecule has 2 atom stereocenters. The zero-order valence-corrected chi connectivity index (χ0v) is 19.0. The summed E-state index contributed by atoms with van der Waals surface area (Å²) in [6.45, 7) is 22.8. The molecule has 3 heteroatoms. The molecule has 0 saturated heterocycles. The summed E-state index contributed by atoms with van der Waals surface area (Å²) in [6, 6.07) is 0. The van der Waals surface area contributed by atoms with Crippen LogP contribution in [0.5, 0.6) is 0 Å². The first kappa shape index (κ1) is 22.7. The van der Waals surface area contributed by atoms with Gasteiger partial charge in [0.2, 0.25) is 0 Å². The van der Waals surface area contributed by atoms with Crippen molar-refractivity contribution in [2.24, 2.45) is 11.3 Å². The Balaban J connectivity index is 2.54. The summed E-state index contributed by atoms with van der Waals surface area (Å²) in [5.74, 6) is 0.518. The molecule has 0 aromatic heterocycles. The molecule has 146 valence electrons. The Kier molecular flexibility index (Phi) is 7.34. The number of hydrogen-bond donors (Lipinski definition) is 1. The van der Waals surface area contributed by atoms with Crippen molar-refractivity contribution in [1.82, 2.24) is 0 Å². The lowest BCUT2D eigenvalue weighted by atomic mass is 9.64. The van der Waals surface area contributed by atoms with E-state index in [0.717, 1.165) is 19.3 Å². The van der Waals surface area contributed by atoms with Crippen LogP contribution in [0.25, 0.3) is 0 Å². The molecule has 1 fully saturated rings. The van der Waals surface area contributed by atoms with Crippen LogP contribution in [-0.4, -0.2) is 25.6 Å². The molecule has 0 aromatic rings. The summed E-state index contributed by atoms with van der Waals surface area (Å²) >= 11 is 0. The maximum absolute atomic E-state index is 10.7. The SMILES string of the molecule is C=C1CCCC(C)(C)C1CCC(C)(O)/C=C/CO[Si](C)(C)C(C)(C)C. The molecule has 0 heterocycles. The van der Waals surface area contributed by atoms with Crippen LogP contribution in [0.15, 0.2) is 24.3 Å². The van der Waals surface area contributed by atoms with E-state index in [9.17, 15) is 5.11 Å². The average Bonchev–Trinajstić information content (AvgIpc) is 2.41. The zero-order valence-electron chi connectivity index (χ0n) is 18.0. The lowest BCUT2D eigenvalue weighted by molar-refractivity contribution is 0.0787. The molecule has 0 radical (unpaired) electrons.